The van der Waals surface area contributed by atoms with Crippen molar-refractivity contribution in [2.24, 2.45) is 0 Å². The van der Waals surface area contributed by atoms with Gasteiger partial charge in [0.05, 0.1) is 13.2 Å². The summed E-state index contributed by atoms with van der Waals surface area (Å²) in [6.45, 7) is 6.17. The van der Waals surface area contributed by atoms with Gasteiger partial charge in [-0.2, -0.15) is 0 Å². The molecule has 0 atom stereocenters. The lowest BCUT2D eigenvalue weighted by Crippen LogP contribution is -2.01. The second-order valence-corrected chi connectivity index (χ2v) is 7.78. The van der Waals surface area contributed by atoms with Crippen LogP contribution in [-0.2, 0) is 0 Å². The number of unbranched alkanes of at least 4 members (excludes halogenated alkanes) is 12. The molecule has 0 aliphatic carbocycles. The highest BCUT2D eigenvalue weighted by Crippen LogP contribution is 2.32. The lowest BCUT2D eigenvalue weighted by molar-refractivity contribution is 0.260. The normalized spacial score (nSPS) is 11.0. The fourth-order valence-corrected chi connectivity index (χ4v) is 3.65. The van der Waals surface area contributed by atoms with Crippen molar-refractivity contribution < 1.29 is 9.47 Å². The van der Waals surface area contributed by atoms with E-state index in [1.807, 2.05) is 0 Å². The second kappa shape index (κ2) is 16.8. The molecule has 2 nitrogen and oxygen atoms in total. The van der Waals surface area contributed by atoms with E-state index in [0.717, 1.165) is 37.6 Å². The van der Waals surface area contributed by atoms with Gasteiger partial charge >= 0.3 is 0 Å². The van der Waals surface area contributed by atoms with Gasteiger partial charge in [0.15, 0.2) is 11.5 Å². The van der Waals surface area contributed by atoms with Crippen molar-refractivity contribution in [1.82, 2.24) is 0 Å². The van der Waals surface area contributed by atoms with Crippen molar-refractivity contribution in [2.45, 2.75) is 104 Å². The Morgan fingerprint density at radius 1 is 0.560 bits per heavy atom. The SMILES string of the molecule is CCCCCCCCCOc1cscc1OCCCCCCCCC. The fraction of sp³-hybridized carbons (Fsp3) is 0.818. The number of hydrogen-bond donors (Lipinski definition) is 0. The summed E-state index contributed by atoms with van der Waals surface area (Å²) in [6.07, 6.45) is 18.5. The standard InChI is InChI=1S/C22H40O2S/c1-3-5-7-9-11-13-15-17-23-21-19-25-20-22(21)24-18-16-14-12-10-8-6-4-2/h19-20H,3-18H2,1-2H3. The predicted molar refractivity (Wildman–Crippen MR) is 111 cm³/mol. The molecule has 1 heterocycles. The third-order valence-corrected chi connectivity index (χ3v) is 5.30. The first-order valence-corrected chi connectivity index (χ1v) is 11.6. The first-order chi connectivity index (χ1) is 12.4. The molecule has 0 saturated carbocycles. The van der Waals surface area contributed by atoms with Gasteiger partial charge in [0.25, 0.3) is 0 Å². The molecular weight excluding hydrogens is 328 g/mol. The van der Waals surface area contributed by atoms with Crippen LogP contribution in [0.2, 0.25) is 0 Å². The summed E-state index contributed by atoms with van der Waals surface area (Å²) < 4.78 is 11.8. The molecule has 0 unspecified atom stereocenters. The molecule has 0 saturated heterocycles. The summed E-state index contributed by atoms with van der Waals surface area (Å²) in [4.78, 5) is 0. The monoisotopic (exact) mass is 368 g/mol. The first kappa shape index (κ1) is 22.3. The number of ether oxygens (including phenoxy) is 2. The molecule has 0 N–H and O–H groups in total. The van der Waals surface area contributed by atoms with Crippen LogP contribution in [0.4, 0.5) is 0 Å². The molecule has 0 aromatic carbocycles. The maximum Gasteiger partial charge on any atom is 0.171 e. The van der Waals surface area contributed by atoms with E-state index in [1.54, 1.807) is 11.3 Å². The van der Waals surface area contributed by atoms with Crippen LogP contribution in [0.5, 0.6) is 11.5 Å². The summed E-state index contributed by atoms with van der Waals surface area (Å²) >= 11 is 1.67. The zero-order valence-corrected chi connectivity index (χ0v) is 17.5. The smallest absolute Gasteiger partial charge is 0.171 e. The van der Waals surface area contributed by atoms with Crippen LogP contribution in [0.15, 0.2) is 10.8 Å². The highest BCUT2D eigenvalue weighted by molar-refractivity contribution is 7.08. The molecule has 0 aliphatic heterocycles. The van der Waals surface area contributed by atoms with Gasteiger partial charge in [-0.1, -0.05) is 90.9 Å². The van der Waals surface area contributed by atoms with Gasteiger partial charge < -0.3 is 9.47 Å². The van der Waals surface area contributed by atoms with E-state index in [-0.39, 0.29) is 0 Å². The zero-order chi connectivity index (χ0) is 18.0. The molecule has 1 rings (SSSR count). The molecule has 1 aromatic heterocycles. The molecule has 1 aromatic rings. The fourth-order valence-electron chi connectivity index (χ4n) is 2.97. The second-order valence-electron chi connectivity index (χ2n) is 7.04. The maximum absolute atomic E-state index is 5.91. The Hall–Kier alpha value is -0.700. The van der Waals surface area contributed by atoms with E-state index >= 15 is 0 Å². The van der Waals surface area contributed by atoms with E-state index < -0.39 is 0 Å². The van der Waals surface area contributed by atoms with Crippen LogP contribution >= 0.6 is 11.3 Å². The topological polar surface area (TPSA) is 18.5 Å². The first-order valence-electron chi connectivity index (χ1n) is 10.7. The zero-order valence-electron chi connectivity index (χ0n) is 16.7. The van der Waals surface area contributed by atoms with Crippen molar-refractivity contribution in [3.8, 4) is 11.5 Å². The quantitative estimate of drug-likeness (QED) is 0.244. The highest BCUT2D eigenvalue weighted by Gasteiger charge is 2.06. The van der Waals surface area contributed by atoms with Crippen LogP contribution in [0, 0.1) is 0 Å². The molecular formula is C22H40O2S. The van der Waals surface area contributed by atoms with E-state index in [1.165, 1.54) is 77.0 Å². The minimum atomic E-state index is 0.818. The van der Waals surface area contributed by atoms with E-state index in [9.17, 15) is 0 Å². The molecule has 0 fully saturated rings. The van der Waals surface area contributed by atoms with E-state index in [0.29, 0.717) is 0 Å². The molecule has 25 heavy (non-hydrogen) atoms. The lowest BCUT2D eigenvalue weighted by atomic mass is 10.1. The third-order valence-electron chi connectivity index (χ3n) is 4.60. The molecule has 0 spiro atoms. The Balaban J connectivity index is 2.00. The van der Waals surface area contributed by atoms with Crippen LogP contribution in [0.25, 0.3) is 0 Å². The summed E-state index contributed by atoms with van der Waals surface area (Å²) in [5.74, 6) is 1.89. The Kier molecular flexibility index (Phi) is 15.0. The van der Waals surface area contributed by atoms with Gasteiger partial charge in [0, 0.05) is 10.8 Å². The van der Waals surface area contributed by atoms with Crippen LogP contribution in [0.3, 0.4) is 0 Å². The van der Waals surface area contributed by atoms with Crippen LogP contribution in [-0.4, -0.2) is 13.2 Å². The molecule has 146 valence electrons. The summed E-state index contributed by atoms with van der Waals surface area (Å²) in [7, 11) is 0. The van der Waals surface area contributed by atoms with Crippen LogP contribution in [0.1, 0.15) is 104 Å². The third kappa shape index (κ3) is 12.3. The van der Waals surface area contributed by atoms with Crippen molar-refractivity contribution in [3.63, 3.8) is 0 Å². The van der Waals surface area contributed by atoms with Crippen molar-refractivity contribution >= 4 is 11.3 Å². The van der Waals surface area contributed by atoms with Gasteiger partial charge in [-0.25, -0.2) is 0 Å². The van der Waals surface area contributed by atoms with Gasteiger partial charge in [0.2, 0.25) is 0 Å². The predicted octanol–water partition coefficient (Wildman–Crippen LogP) is 8.01. The minimum Gasteiger partial charge on any atom is -0.489 e. The highest BCUT2D eigenvalue weighted by atomic mass is 32.1. The Morgan fingerprint density at radius 3 is 1.32 bits per heavy atom. The van der Waals surface area contributed by atoms with Crippen LogP contribution < -0.4 is 9.47 Å². The molecule has 3 heteroatoms. The molecule has 0 amide bonds. The number of thiophene rings is 1. The molecule has 0 radical (unpaired) electrons. The largest absolute Gasteiger partial charge is 0.489 e. The van der Waals surface area contributed by atoms with Crippen molar-refractivity contribution in [1.29, 1.82) is 0 Å². The number of hydrogen-bond acceptors (Lipinski definition) is 3. The Labute approximate surface area is 160 Å². The molecule has 0 bridgehead atoms. The Morgan fingerprint density at radius 2 is 0.920 bits per heavy atom. The van der Waals surface area contributed by atoms with Gasteiger partial charge in [-0.15, -0.1) is 11.3 Å². The molecule has 0 aliphatic rings. The van der Waals surface area contributed by atoms with Crippen molar-refractivity contribution in [3.05, 3.63) is 10.8 Å². The summed E-state index contributed by atoms with van der Waals surface area (Å²) in [5.41, 5.74) is 0. The number of rotatable bonds is 18. The van der Waals surface area contributed by atoms with E-state index in [4.69, 9.17) is 9.47 Å². The Bertz CT molecular complexity index is 355. The van der Waals surface area contributed by atoms with Gasteiger partial charge in [-0.05, 0) is 12.8 Å². The van der Waals surface area contributed by atoms with E-state index in [2.05, 4.69) is 24.6 Å². The van der Waals surface area contributed by atoms with Gasteiger partial charge in [-0.3, -0.25) is 0 Å². The average Bonchev–Trinajstić information content (AvgIpc) is 3.07. The lowest BCUT2D eigenvalue weighted by Gasteiger charge is -2.09. The van der Waals surface area contributed by atoms with Crippen molar-refractivity contribution in [2.75, 3.05) is 13.2 Å². The average molecular weight is 369 g/mol. The van der Waals surface area contributed by atoms with Gasteiger partial charge in [0.1, 0.15) is 0 Å². The maximum atomic E-state index is 5.91. The summed E-state index contributed by atoms with van der Waals surface area (Å²) in [6, 6.07) is 0. The minimum absolute atomic E-state index is 0.818. The summed E-state index contributed by atoms with van der Waals surface area (Å²) in [5, 5.41) is 4.14.